The lowest BCUT2D eigenvalue weighted by Crippen LogP contribution is -2.30. The fraction of sp³-hybridized carbons (Fsp3) is 0.400. The van der Waals surface area contributed by atoms with E-state index in [0.717, 1.165) is 42.4 Å². The van der Waals surface area contributed by atoms with Crippen LogP contribution < -0.4 is 4.57 Å². The molecule has 10 heteroatoms. The zero-order valence-corrected chi connectivity index (χ0v) is 14.7. The molecule has 1 aromatic heterocycles. The quantitative estimate of drug-likeness (QED) is 0.463. The van der Waals surface area contributed by atoms with E-state index in [2.05, 4.69) is 21.6 Å². The van der Waals surface area contributed by atoms with Crippen LogP contribution in [-0.2, 0) is 11.8 Å². The number of hydrogen-bond donors (Lipinski definition) is 0. The minimum absolute atomic E-state index is 0.754. The van der Waals surface area contributed by atoms with Crippen molar-refractivity contribution in [2.24, 2.45) is 7.05 Å². The smallest absolute Gasteiger partial charge is 0.418 e. The number of ether oxygens (including phenoxy) is 1. The van der Waals surface area contributed by atoms with E-state index in [1.54, 1.807) is 7.11 Å². The molecule has 0 atom stereocenters. The fourth-order valence-corrected chi connectivity index (χ4v) is 3.44. The van der Waals surface area contributed by atoms with Crippen LogP contribution in [0.4, 0.5) is 17.3 Å². The average molecular weight is 378 g/mol. The number of oxazole rings is 1. The molecule has 1 saturated heterocycles. The average Bonchev–Trinajstić information content (AvgIpc) is 3.10. The summed E-state index contributed by atoms with van der Waals surface area (Å²) in [5, 5.41) is 1.26. The Morgan fingerprint density at radius 2 is 2.00 bits per heavy atom. The highest BCUT2D eigenvalue weighted by Crippen LogP contribution is 2.29. The van der Waals surface area contributed by atoms with Gasteiger partial charge in [0.2, 0.25) is 5.58 Å². The molecule has 0 amide bonds. The molecule has 1 aliphatic rings. The van der Waals surface area contributed by atoms with Gasteiger partial charge in [-0.2, -0.15) is 4.57 Å². The van der Waals surface area contributed by atoms with Crippen LogP contribution in [0, 0.1) is 0 Å². The number of nitrogens with zero attached hydrogens (tertiary/aromatic N) is 2. The standard InChI is InChI=1S/C15H19N2O2S.BF4/c1-16-12-5-3-4-6-13(12)19-14(16)11-15-17(7-9-18-2)8-10-20-15;2-1(3,4)5/h3-6,11H,7-10H2,1-2H3;/q+1;-1. The second-order valence-electron chi connectivity index (χ2n) is 5.27. The second-order valence-corrected chi connectivity index (χ2v) is 6.39. The highest BCUT2D eigenvalue weighted by atomic mass is 32.2. The summed E-state index contributed by atoms with van der Waals surface area (Å²) in [5.74, 6) is 2.01. The van der Waals surface area contributed by atoms with Gasteiger partial charge in [0.05, 0.1) is 17.7 Å². The lowest BCUT2D eigenvalue weighted by Gasteiger charge is -2.17. The number of halogens is 4. The van der Waals surface area contributed by atoms with Crippen molar-refractivity contribution in [1.29, 1.82) is 0 Å². The van der Waals surface area contributed by atoms with E-state index in [1.807, 2.05) is 37.0 Å². The normalized spacial score (nSPS) is 16.4. The van der Waals surface area contributed by atoms with Gasteiger partial charge in [-0.15, -0.1) is 11.8 Å². The predicted molar refractivity (Wildman–Crippen MR) is 91.5 cm³/mol. The first kappa shape index (κ1) is 19.6. The molecule has 0 saturated carbocycles. The maximum atomic E-state index is 9.75. The Hall–Kier alpha value is -1.68. The van der Waals surface area contributed by atoms with Crippen LogP contribution in [-0.4, -0.2) is 44.7 Å². The van der Waals surface area contributed by atoms with Gasteiger partial charge in [-0.05, 0) is 6.07 Å². The van der Waals surface area contributed by atoms with Crippen molar-refractivity contribution in [3.05, 3.63) is 35.2 Å². The molecule has 4 nitrogen and oxygen atoms in total. The number of para-hydroxylation sites is 2. The van der Waals surface area contributed by atoms with Gasteiger partial charge in [0.15, 0.2) is 0 Å². The number of aryl methyl sites for hydroxylation is 1. The van der Waals surface area contributed by atoms with Crippen molar-refractivity contribution in [3.63, 3.8) is 0 Å². The lowest BCUT2D eigenvalue weighted by atomic mass is 10.3. The van der Waals surface area contributed by atoms with Gasteiger partial charge in [0.25, 0.3) is 5.52 Å². The van der Waals surface area contributed by atoms with Crippen LogP contribution in [0.2, 0.25) is 0 Å². The molecular formula is C15H19BF4N2O2S. The minimum Gasteiger partial charge on any atom is -0.418 e. The molecule has 0 spiro atoms. The molecule has 0 aliphatic carbocycles. The molecule has 0 bridgehead atoms. The van der Waals surface area contributed by atoms with E-state index in [0.29, 0.717) is 0 Å². The van der Waals surface area contributed by atoms with Crippen LogP contribution >= 0.6 is 11.8 Å². The zero-order chi connectivity index (χ0) is 18.4. The van der Waals surface area contributed by atoms with Crippen LogP contribution in [0.3, 0.4) is 0 Å². The van der Waals surface area contributed by atoms with Crippen molar-refractivity contribution < 1.29 is 31.0 Å². The van der Waals surface area contributed by atoms with Gasteiger partial charge in [0, 0.05) is 32.0 Å². The van der Waals surface area contributed by atoms with Crippen molar-refractivity contribution in [2.75, 3.05) is 32.6 Å². The Balaban J connectivity index is 0.000000399. The van der Waals surface area contributed by atoms with E-state index >= 15 is 0 Å². The number of methoxy groups -OCH3 is 1. The third-order valence-corrected chi connectivity index (χ3v) is 4.57. The highest BCUT2D eigenvalue weighted by Gasteiger charge is 2.22. The largest absolute Gasteiger partial charge is 0.673 e. The Labute approximate surface area is 147 Å². The molecule has 25 heavy (non-hydrogen) atoms. The minimum atomic E-state index is -6.00. The molecule has 3 rings (SSSR count). The Kier molecular flexibility index (Phi) is 6.77. The van der Waals surface area contributed by atoms with Crippen molar-refractivity contribution in [2.45, 2.75) is 0 Å². The highest BCUT2D eigenvalue weighted by molar-refractivity contribution is 8.03. The summed E-state index contributed by atoms with van der Waals surface area (Å²) in [4.78, 5) is 2.35. The van der Waals surface area contributed by atoms with Gasteiger partial charge in [-0.3, -0.25) is 0 Å². The van der Waals surface area contributed by atoms with Gasteiger partial charge in [-0.1, -0.05) is 12.1 Å². The molecule has 1 aromatic carbocycles. The molecule has 138 valence electrons. The maximum Gasteiger partial charge on any atom is 0.673 e. The van der Waals surface area contributed by atoms with E-state index < -0.39 is 7.25 Å². The van der Waals surface area contributed by atoms with E-state index in [-0.39, 0.29) is 0 Å². The van der Waals surface area contributed by atoms with Crippen molar-refractivity contribution >= 4 is 36.2 Å². The number of hydrogen-bond acceptors (Lipinski definition) is 4. The molecule has 0 N–H and O–H groups in total. The molecule has 2 aromatic rings. The SMILES string of the molecule is COCCN1CCSC1=Cc1oc2ccccc2[n+]1C.F[B-](F)(F)F. The summed E-state index contributed by atoms with van der Waals surface area (Å²) in [6, 6.07) is 8.11. The Bertz CT molecular complexity index is 730. The summed E-state index contributed by atoms with van der Waals surface area (Å²) in [6.45, 7) is 2.76. The number of aromatic nitrogens is 1. The summed E-state index contributed by atoms with van der Waals surface area (Å²) in [5.41, 5.74) is 2.04. The Morgan fingerprint density at radius 1 is 1.32 bits per heavy atom. The van der Waals surface area contributed by atoms with E-state index in [9.17, 15) is 17.3 Å². The first-order valence-corrected chi connectivity index (χ1v) is 8.61. The number of rotatable bonds is 4. The van der Waals surface area contributed by atoms with Crippen LogP contribution in [0.15, 0.2) is 33.7 Å². The first-order chi connectivity index (χ1) is 11.8. The van der Waals surface area contributed by atoms with Crippen LogP contribution in [0.1, 0.15) is 5.89 Å². The summed E-state index contributed by atoms with van der Waals surface area (Å²) in [6.07, 6.45) is 2.13. The van der Waals surface area contributed by atoms with E-state index in [1.165, 1.54) is 5.03 Å². The predicted octanol–water partition coefficient (Wildman–Crippen LogP) is 3.55. The lowest BCUT2D eigenvalue weighted by molar-refractivity contribution is -0.652. The molecule has 2 heterocycles. The topological polar surface area (TPSA) is 29.5 Å². The molecule has 1 fully saturated rings. The summed E-state index contributed by atoms with van der Waals surface area (Å²) < 4.78 is 52.2. The number of fused-ring (bicyclic) bond motifs is 1. The summed E-state index contributed by atoms with van der Waals surface area (Å²) >= 11 is 1.87. The monoisotopic (exact) mass is 378 g/mol. The molecule has 1 aliphatic heterocycles. The first-order valence-electron chi connectivity index (χ1n) is 7.63. The fourth-order valence-electron chi connectivity index (χ4n) is 2.37. The maximum absolute atomic E-state index is 9.75. The Morgan fingerprint density at radius 3 is 2.64 bits per heavy atom. The van der Waals surface area contributed by atoms with Gasteiger partial charge in [0.1, 0.15) is 7.05 Å². The second kappa shape index (κ2) is 8.62. The van der Waals surface area contributed by atoms with Gasteiger partial charge < -0.3 is 31.3 Å². The molecule has 0 radical (unpaired) electrons. The number of benzene rings is 1. The zero-order valence-electron chi connectivity index (χ0n) is 13.9. The number of thioether (sulfide) groups is 1. The summed E-state index contributed by atoms with van der Waals surface area (Å²) in [7, 11) is -2.22. The van der Waals surface area contributed by atoms with Gasteiger partial charge >= 0.3 is 13.1 Å². The van der Waals surface area contributed by atoms with E-state index in [4.69, 9.17) is 9.15 Å². The third-order valence-electron chi connectivity index (χ3n) is 3.51. The molecule has 0 unspecified atom stereocenters. The van der Waals surface area contributed by atoms with Crippen LogP contribution in [0.25, 0.3) is 17.2 Å². The third kappa shape index (κ3) is 5.96. The molecular weight excluding hydrogens is 359 g/mol. The van der Waals surface area contributed by atoms with Crippen molar-refractivity contribution in [1.82, 2.24) is 4.90 Å². The van der Waals surface area contributed by atoms with Crippen LogP contribution in [0.5, 0.6) is 0 Å². The van der Waals surface area contributed by atoms with Gasteiger partial charge in [-0.25, -0.2) is 0 Å². The van der Waals surface area contributed by atoms with Crippen molar-refractivity contribution in [3.8, 4) is 0 Å².